The minimum absolute atomic E-state index is 0.141. The second-order valence-electron chi connectivity index (χ2n) is 5.99. The van der Waals surface area contributed by atoms with Crippen LogP contribution in [0, 0.1) is 13.8 Å². The molecule has 2 aromatic carbocycles. The van der Waals surface area contributed by atoms with Crippen LogP contribution in [0.25, 0.3) is 0 Å². The van der Waals surface area contributed by atoms with E-state index in [4.69, 9.17) is 37.4 Å². The number of rotatable bonds is 7. The molecular formula is C20H21Cl2NO5. The zero-order chi connectivity index (χ0) is 20.8. The molecule has 0 unspecified atom stereocenters. The molecule has 28 heavy (non-hydrogen) atoms. The first-order chi connectivity index (χ1) is 13.3. The van der Waals surface area contributed by atoms with Crippen LogP contribution >= 0.6 is 23.2 Å². The van der Waals surface area contributed by atoms with E-state index in [2.05, 4.69) is 5.32 Å². The van der Waals surface area contributed by atoms with Crippen molar-refractivity contribution in [3.8, 4) is 11.5 Å². The van der Waals surface area contributed by atoms with Crippen LogP contribution in [0.4, 0.5) is 5.69 Å². The fourth-order valence-electron chi connectivity index (χ4n) is 2.59. The molecule has 0 bridgehead atoms. The van der Waals surface area contributed by atoms with Crippen molar-refractivity contribution < 1.29 is 23.8 Å². The molecule has 2 rings (SSSR count). The fourth-order valence-corrected chi connectivity index (χ4v) is 3.22. The van der Waals surface area contributed by atoms with Crippen LogP contribution in [-0.2, 0) is 9.53 Å². The Morgan fingerprint density at radius 3 is 2.39 bits per heavy atom. The number of anilines is 1. The molecule has 0 spiro atoms. The molecule has 150 valence electrons. The molecule has 0 saturated carbocycles. The Bertz CT molecular complexity index is 875. The summed E-state index contributed by atoms with van der Waals surface area (Å²) in [5.74, 6) is -0.588. The summed E-state index contributed by atoms with van der Waals surface area (Å²) in [7, 11) is 1.43. The molecule has 0 aliphatic heterocycles. The van der Waals surface area contributed by atoms with Gasteiger partial charge in [-0.1, -0.05) is 29.3 Å². The molecule has 6 nitrogen and oxygen atoms in total. The second kappa shape index (κ2) is 9.66. The van der Waals surface area contributed by atoms with Crippen LogP contribution in [0.1, 0.15) is 28.4 Å². The van der Waals surface area contributed by atoms with Crippen molar-refractivity contribution in [1.29, 1.82) is 0 Å². The summed E-state index contributed by atoms with van der Waals surface area (Å²) >= 11 is 12.3. The Kier molecular flexibility index (Phi) is 7.54. The van der Waals surface area contributed by atoms with Crippen LogP contribution in [0.3, 0.4) is 0 Å². The Labute approximate surface area is 173 Å². The summed E-state index contributed by atoms with van der Waals surface area (Å²) in [6, 6.07) is 6.47. The van der Waals surface area contributed by atoms with Crippen molar-refractivity contribution in [1.82, 2.24) is 0 Å². The SMILES string of the molecule is CCOc1c(Cl)cc(C(=O)OCC(=O)Nc2c(C)cc(C)cc2Cl)cc1OC. The highest BCUT2D eigenvalue weighted by Crippen LogP contribution is 2.36. The number of amides is 1. The maximum atomic E-state index is 12.3. The molecule has 2 aromatic rings. The van der Waals surface area contributed by atoms with Gasteiger partial charge in [-0.15, -0.1) is 0 Å². The van der Waals surface area contributed by atoms with E-state index in [1.54, 1.807) is 13.0 Å². The Balaban J connectivity index is 2.06. The van der Waals surface area contributed by atoms with E-state index in [1.165, 1.54) is 19.2 Å². The minimum Gasteiger partial charge on any atom is -0.493 e. The summed E-state index contributed by atoms with van der Waals surface area (Å²) in [6.07, 6.45) is 0. The number of halogens is 2. The van der Waals surface area contributed by atoms with Gasteiger partial charge in [0.1, 0.15) is 0 Å². The number of carbonyl (C=O) groups is 2. The summed E-state index contributed by atoms with van der Waals surface area (Å²) in [4.78, 5) is 24.4. The van der Waals surface area contributed by atoms with Crippen molar-refractivity contribution in [2.75, 3.05) is 25.6 Å². The first-order valence-corrected chi connectivity index (χ1v) is 9.26. The Morgan fingerprint density at radius 2 is 1.79 bits per heavy atom. The van der Waals surface area contributed by atoms with E-state index in [0.29, 0.717) is 28.8 Å². The van der Waals surface area contributed by atoms with E-state index in [-0.39, 0.29) is 10.6 Å². The Morgan fingerprint density at radius 1 is 1.07 bits per heavy atom. The number of methoxy groups -OCH3 is 1. The van der Waals surface area contributed by atoms with Gasteiger partial charge in [0.25, 0.3) is 5.91 Å². The third kappa shape index (κ3) is 5.30. The highest BCUT2D eigenvalue weighted by molar-refractivity contribution is 6.34. The molecule has 0 aliphatic rings. The summed E-state index contributed by atoms with van der Waals surface area (Å²) in [5.41, 5.74) is 2.42. The summed E-state index contributed by atoms with van der Waals surface area (Å²) in [6.45, 7) is 5.45. The van der Waals surface area contributed by atoms with Crippen molar-refractivity contribution in [2.24, 2.45) is 0 Å². The molecule has 8 heteroatoms. The maximum absolute atomic E-state index is 12.3. The van der Waals surface area contributed by atoms with Gasteiger partial charge in [-0.05, 0) is 50.1 Å². The smallest absolute Gasteiger partial charge is 0.338 e. The van der Waals surface area contributed by atoms with E-state index in [0.717, 1.165) is 11.1 Å². The highest BCUT2D eigenvalue weighted by atomic mass is 35.5. The second-order valence-corrected chi connectivity index (χ2v) is 6.80. The number of esters is 1. The van der Waals surface area contributed by atoms with Gasteiger partial charge in [0, 0.05) is 0 Å². The summed E-state index contributed by atoms with van der Waals surface area (Å²) in [5, 5.41) is 3.28. The van der Waals surface area contributed by atoms with Crippen LogP contribution in [0.2, 0.25) is 10.0 Å². The number of carbonyl (C=O) groups excluding carboxylic acids is 2. The molecule has 0 fully saturated rings. The molecule has 0 atom stereocenters. The molecule has 1 N–H and O–H groups in total. The lowest BCUT2D eigenvalue weighted by atomic mass is 10.1. The van der Waals surface area contributed by atoms with Crippen molar-refractivity contribution in [2.45, 2.75) is 20.8 Å². The van der Waals surface area contributed by atoms with Crippen LogP contribution < -0.4 is 14.8 Å². The number of hydrogen-bond acceptors (Lipinski definition) is 5. The van der Waals surface area contributed by atoms with Crippen molar-refractivity contribution >= 4 is 40.8 Å². The lowest BCUT2D eigenvalue weighted by Gasteiger charge is -2.13. The van der Waals surface area contributed by atoms with Crippen LogP contribution in [-0.4, -0.2) is 32.2 Å². The molecule has 0 aliphatic carbocycles. The predicted molar refractivity (Wildman–Crippen MR) is 109 cm³/mol. The first-order valence-electron chi connectivity index (χ1n) is 8.50. The van der Waals surface area contributed by atoms with E-state index < -0.39 is 18.5 Å². The number of nitrogens with one attached hydrogen (secondary N) is 1. The molecule has 0 aromatic heterocycles. The van der Waals surface area contributed by atoms with Crippen LogP contribution in [0.15, 0.2) is 24.3 Å². The standard InChI is InChI=1S/C20H21Cl2NO5/c1-5-27-19-15(22)8-13(9-16(19)26-4)20(25)28-10-17(24)23-18-12(3)6-11(2)7-14(18)21/h6-9H,5,10H2,1-4H3,(H,23,24). The molecule has 0 saturated heterocycles. The number of aryl methyl sites for hydroxylation is 2. The van der Waals surface area contributed by atoms with E-state index in [9.17, 15) is 9.59 Å². The summed E-state index contributed by atoms with van der Waals surface area (Å²) < 4.78 is 15.7. The molecule has 0 radical (unpaired) electrons. The third-order valence-electron chi connectivity index (χ3n) is 3.78. The zero-order valence-corrected chi connectivity index (χ0v) is 17.5. The largest absolute Gasteiger partial charge is 0.493 e. The topological polar surface area (TPSA) is 73.9 Å². The van der Waals surface area contributed by atoms with Crippen LogP contribution in [0.5, 0.6) is 11.5 Å². The van der Waals surface area contributed by atoms with Gasteiger partial charge < -0.3 is 19.5 Å². The van der Waals surface area contributed by atoms with Gasteiger partial charge in [0.05, 0.1) is 35.0 Å². The average molecular weight is 426 g/mol. The lowest BCUT2D eigenvalue weighted by Crippen LogP contribution is -2.21. The molecule has 1 amide bonds. The van der Waals surface area contributed by atoms with Crippen molar-refractivity contribution in [3.63, 3.8) is 0 Å². The van der Waals surface area contributed by atoms with E-state index >= 15 is 0 Å². The Hall–Kier alpha value is -2.44. The first kappa shape index (κ1) is 21.9. The van der Waals surface area contributed by atoms with Gasteiger partial charge in [0.15, 0.2) is 18.1 Å². The normalized spacial score (nSPS) is 10.4. The van der Waals surface area contributed by atoms with Crippen molar-refractivity contribution in [3.05, 3.63) is 51.0 Å². The third-order valence-corrected chi connectivity index (χ3v) is 4.36. The van der Waals surface area contributed by atoms with Gasteiger partial charge in [-0.2, -0.15) is 0 Å². The fraction of sp³-hybridized carbons (Fsp3) is 0.300. The van der Waals surface area contributed by atoms with E-state index in [1.807, 2.05) is 19.9 Å². The number of hydrogen-bond donors (Lipinski definition) is 1. The van der Waals surface area contributed by atoms with Gasteiger partial charge in [0.2, 0.25) is 0 Å². The number of benzene rings is 2. The van der Waals surface area contributed by atoms with Gasteiger partial charge >= 0.3 is 5.97 Å². The maximum Gasteiger partial charge on any atom is 0.338 e. The zero-order valence-electron chi connectivity index (χ0n) is 16.0. The highest BCUT2D eigenvalue weighted by Gasteiger charge is 2.18. The lowest BCUT2D eigenvalue weighted by molar-refractivity contribution is -0.119. The minimum atomic E-state index is -0.717. The number of ether oxygens (including phenoxy) is 3. The monoisotopic (exact) mass is 425 g/mol. The average Bonchev–Trinajstić information content (AvgIpc) is 2.64. The molecular weight excluding hydrogens is 405 g/mol. The van der Waals surface area contributed by atoms with Gasteiger partial charge in [-0.25, -0.2) is 4.79 Å². The predicted octanol–water partition coefficient (Wildman–Crippen LogP) is 4.81. The quantitative estimate of drug-likeness (QED) is 0.643. The van der Waals surface area contributed by atoms with Gasteiger partial charge in [-0.3, -0.25) is 4.79 Å². The molecule has 0 heterocycles.